The van der Waals surface area contributed by atoms with E-state index < -0.39 is 17.9 Å². The first-order chi connectivity index (χ1) is 10.5. The molecule has 0 fully saturated rings. The van der Waals surface area contributed by atoms with Crippen molar-refractivity contribution < 1.29 is 19.1 Å². The molecule has 0 bridgehead atoms. The van der Waals surface area contributed by atoms with E-state index in [1.165, 1.54) is 7.11 Å². The maximum absolute atomic E-state index is 11.9. The van der Waals surface area contributed by atoms with Gasteiger partial charge in [0, 0.05) is 0 Å². The fraction of sp³-hybridized carbons (Fsp3) is 0.438. The van der Waals surface area contributed by atoms with E-state index in [0.717, 1.165) is 0 Å². The summed E-state index contributed by atoms with van der Waals surface area (Å²) in [5.41, 5.74) is 0.513. The zero-order valence-corrected chi connectivity index (χ0v) is 13.0. The van der Waals surface area contributed by atoms with Gasteiger partial charge >= 0.3 is 5.97 Å². The highest BCUT2D eigenvalue weighted by Gasteiger charge is 2.22. The quantitative estimate of drug-likeness (QED) is 0.774. The molecule has 0 saturated carbocycles. The van der Waals surface area contributed by atoms with Crippen LogP contribution in [0.1, 0.15) is 25.8 Å². The molecular formula is C16H20N2O4. The van der Waals surface area contributed by atoms with Crippen LogP contribution in [0.25, 0.3) is 0 Å². The smallest absolute Gasteiger partial charge is 0.328 e. The van der Waals surface area contributed by atoms with Crippen LogP contribution in [0.4, 0.5) is 0 Å². The zero-order valence-electron chi connectivity index (χ0n) is 13.0. The van der Waals surface area contributed by atoms with Gasteiger partial charge in [-0.2, -0.15) is 5.26 Å². The second-order valence-corrected chi connectivity index (χ2v) is 5.20. The van der Waals surface area contributed by atoms with Crippen LogP contribution in [0.3, 0.4) is 0 Å². The Bertz CT molecular complexity index is 546. The average Bonchev–Trinajstić information content (AvgIpc) is 2.51. The first-order valence-electron chi connectivity index (χ1n) is 6.96. The number of hydrogen-bond acceptors (Lipinski definition) is 5. The van der Waals surface area contributed by atoms with E-state index in [2.05, 4.69) is 10.1 Å². The van der Waals surface area contributed by atoms with Crippen LogP contribution in [-0.2, 0) is 14.3 Å². The molecule has 1 aromatic rings. The summed E-state index contributed by atoms with van der Waals surface area (Å²) in [6.45, 7) is 3.70. The van der Waals surface area contributed by atoms with Crippen molar-refractivity contribution >= 4 is 11.9 Å². The molecule has 0 spiro atoms. The molecule has 0 saturated heterocycles. The second kappa shape index (κ2) is 8.67. The Kier molecular flexibility index (Phi) is 6.90. The first kappa shape index (κ1) is 17.5. The van der Waals surface area contributed by atoms with Crippen LogP contribution >= 0.6 is 0 Å². The number of rotatable bonds is 7. The van der Waals surface area contributed by atoms with E-state index in [4.69, 9.17) is 10.00 Å². The number of ether oxygens (including phenoxy) is 2. The standard InChI is InChI=1S/C16H20N2O4/c1-11(2)8-14(16(20)21-3)18-15(19)10-22-13-6-4-12(9-17)5-7-13/h4-7,11,14H,8,10H2,1-3H3,(H,18,19)/t14-/m1/s1. The molecule has 1 amide bonds. The number of carbonyl (C=O) groups excluding carboxylic acids is 2. The summed E-state index contributed by atoms with van der Waals surface area (Å²) in [6.07, 6.45) is 0.495. The van der Waals surface area contributed by atoms with Crippen molar-refractivity contribution in [3.05, 3.63) is 29.8 Å². The van der Waals surface area contributed by atoms with Gasteiger partial charge in [-0.05, 0) is 36.6 Å². The Morgan fingerprint density at radius 1 is 1.27 bits per heavy atom. The van der Waals surface area contributed by atoms with E-state index >= 15 is 0 Å². The monoisotopic (exact) mass is 304 g/mol. The number of methoxy groups -OCH3 is 1. The van der Waals surface area contributed by atoms with Gasteiger partial charge in [-0.15, -0.1) is 0 Å². The van der Waals surface area contributed by atoms with Gasteiger partial charge in [-0.25, -0.2) is 4.79 Å². The molecule has 1 atom stereocenters. The largest absolute Gasteiger partial charge is 0.484 e. The van der Waals surface area contributed by atoms with Crippen molar-refractivity contribution in [3.8, 4) is 11.8 Å². The van der Waals surface area contributed by atoms with Crippen LogP contribution in [0.15, 0.2) is 24.3 Å². The topological polar surface area (TPSA) is 88.4 Å². The first-order valence-corrected chi connectivity index (χ1v) is 6.96. The molecule has 0 aromatic heterocycles. The Balaban J connectivity index is 2.52. The molecule has 0 aliphatic carbocycles. The lowest BCUT2D eigenvalue weighted by Crippen LogP contribution is -2.44. The maximum Gasteiger partial charge on any atom is 0.328 e. The predicted octanol–water partition coefficient (Wildman–Crippen LogP) is 1.64. The number of benzene rings is 1. The van der Waals surface area contributed by atoms with E-state index in [-0.39, 0.29) is 12.5 Å². The Hall–Kier alpha value is -2.55. The van der Waals surface area contributed by atoms with Crippen LogP contribution in [0.2, 0.25) is 0 Å². The number of nitriles is 1. The summed E-state index contributed by atoms with van der Waals surface area (Å²) in [7, 11) is 1.29. The van der Waals surface area contributed by atoms with Crippen LogP contribution in [0, 0.1) is 17.2 Å². The Morgan fingerprint density at radius 2 is 1.91 bits per heavy atom. The third-order valence-electron chi connectivity index (χ3n) is 2.88. The lowest BCUT2D eigenvalue weighted by atomic mass is 10.0. The lowest BCUT2D eigenvalue weighted by Gasteiger charge is -2.18. The molecule has 0 aliphatic heterocycles. The van der Waals surface area contributed by atoms with Gasteiger partial charge < -0.3 is 14.8 Å². The van der Waals surface area contributed by atoms with Crippen molar-refractivity contribution in [2.75, 3.05) is 13.7 Å². The van der Waals surface area contributed by atoms with Crippen molar-refractivity contribution in [1.82, 2.24) is 5.32 Å². The summed E-state index contributed by atoms with van der Waals surface area (Å²) in [5, 5.41) is 11.3. The summed E-state index contributed by atoms with van der Waals surface area (Å²) < 4.78 is 9.99. The molecular weight excluding hydrogens is 284 g/mol. The molecule has 22 heavy (non-hydrogen) atoms. The minimum atomic E-state index is -0.679. The van der Waals surface area contributed by atoms with Gasteiger partial charge in [-0.1, -0.05) is 13.8 Å². The summed E-state index contributed by atoms with van der Waals surface area (Å²) in [6, 6.07) is 7.74. The van der Waals surface area contributed by atoms with Gasteiger partial charge in [0.05, 0.1) is 18.7 Å². The number of nitrogens with one attached hydrogen (secondary N) is 1. The molecule has 1 rings (SSSR count). The fourth-order valence-electron chi connectivity index (χ4n) is 1.84. The van der Waals surface area contributed by atoms with Crippen molar-refractivity contribution in [2.24, 2.45) is 5.92 Å². The highest BCUT2D eigenvalue weighted by molar-refractivity contribution is 5.85. The molecule has 0 heterocycles. The van der Waals surface area contributed by atoms with Gasteiger partial charge in [-0.3, -0.25) is 4.79 Å². The van der Waals surface area contributed by atoms with Gasteiger partial charge in [0.2, 0.25) is 0 Å². The van der Waals surface area contributed by atoms with Crippen LogP contribution < -0.4 is 10.1 Å². The molecule has 0 unspecified atom stereocenters. The molecule has 0 radical (unpaired) electrons. The van der Waals surface area contributed by atoms with Gasteiger partial charge in [0.15, 0.2) is 6.61 Å². The summed E-state index contributed by atoms with van der Waals surface area (Å²) in [4.78, 5) is 23.5. The maximum atomic E-state index is 11.9. The predicted molar refractivity (Wildman–Crippen MR) is 80.1 cm³/mol. The molecule has 118 valence electrons. The number of hydrogen-bond donors (Lipinski definition) is 1. The number of carbonyl (C=O) groups is 2. The van der Waals surface area contributed by atoms with E-state index in [1.54, 1.807) is 24.3 Å². The number of esters is 1. The fourth-order valence-corrected chi connectivity index (χ4v) is 1.84. The van der Waals surface area contributed by atoms with Gasteiger partial charge in [0.25, 0.3) is 5.91 Å². The second-order valence-electron chi connectivity index (χ2n) is 5.20. The minimum absolute atomic E-state index is 0.211. The molecule has 0 aliphatic rings. The van der Waals surface area contributed by atoms with Crippen LogP contribution in [0.5, 0.6) is 5.75 Å². The van der Waals surface area contributed by atoms with Crippen LogP contribution in [-0.4, -0.2) is 31.6 Å². The molecule has 1 N–H and O–H groups in total. The van der Waals surface area contributed by atoms with E-state index in [0.29, 0.717) is 17.7 Å². The average molecular weight is 304 g/mol. The zero-order chi connectivity index (χ0) is 16.5. The highest BCUT2D eigenvalue weighted by Crippen LogP contribution is 2.11. The highest BCUT2D eigenvalue weighted by atomic mass is 16.5. The summed E-state index contributed by atoms with van der Waals surface area (Å²) in [5.74, 6) is -0.155. The van der Waals surface area contributed by atoms with Crippen molar-refractivity contribution in [2.45, 2.75) is 26.3 Å². The van der Waals surface area contributed by atoms with Gasteiger partial charge in [0.1, 0.15) is 11.8 Å². The minimum Gasteiger partial charge on any atom is -0.484 e. The SMILES string of the molecule is COC(=O)[C@@H](CC(C)C)NC(=O)COc1ccc(C#N)cc1. The Morgan fingerprint density at radius 3 is 2.41 bits per heavy atom. The van der Waals surface area contributed by atoms with E-state index in [1.807, 2.05) is 19.9 Å². The molecule has 6 heteroatoms. The lowest BCUT2D eigenvalue weighted by molar-refractivity contribution is -0.145. The number of nitrogens with zero attached hydrogens (tertiary/aromatic N) is 1. The summed E-state index contributed by atoms with van der Waals surface area (Å²) >= 11 is 0. The Labute approximate surface area is 130 Å². The molecule has 6 nitrogen and oxygen atoms in total. The molecule has 1 aromatic carbocycles. The van der Waals surface area contributed by atoms with E-state index in [9.17, 15) is 9.59 Å². The third kappa shape index (κ3) is 5.83. The number of amides is 1. The normalized spacial score (nSPS) is 11.4. The third-order valence-corrected chi connectivity index (χ3v) is 2.88. The van der Waals surface area contributed by atoms with Crippen molar-refractivity contribution in [1.29, 1.82) is 5.26 Å². The van der Waals surface area contributed by atoms with Crippen molar-refractivity contribution in [3.63, 3.8) is 0 Å².